The van der Waals surface area contributed by atoms with Crippen molar-refractivity contribution in [1.82, 2.24) is 9.55 Å². The first-order chi connectivity index (χ1) is 15.6. The number of amides is 1. The molecule has 3 aromatic rings. The first-order valence-corrected chi connectivity index (χ1v) is 13.5. The molecule has 0 fully saturated rings. The molecule has 5 rings (SSSR count). The lowest BCUT2D eigenvalue weighted by atomic mass is 9.97. The Morgan fingerprint density at radius 1 is 1.19 bits per heavy atom. The summed E-state index contributed by atoms with van der Waals surface area (Å²) < 4.78 is 1.84. The van der Waals surface area contributed by atoms with Gasteiger partial charge in [0, 0.05) is 23.2 Å². The molecule has 1 aliphatic carbocycles. The van der Waals surface area contributed by atoms with Crippen LogP contribution in [0.4, 0.5) is 5.69 Å². The Balaban J connectivity index is 1.48. The van der Waals surface area contributed by atoms with Crippen LogP contribution in [0.5, 0.6) is 0 Å². The van der Waals surface area contributed by atoms with Crippen molar-refractivity contribution >= 4 is 44.9 Å². The molecular weight excluding hydrogens is 438 g/mol. The van der Waals surface area contributed by atoms with E-state index in [9.17, 15) is 9.59 Å². The minimum atomic E-state index is 0.0480. The molecule has 0 spiro atoms. The monoisotopic (exact) mass is 467 g/mol. The number of hydrogen-bond acceptors (Lipinski definition) is 5. The Morgan fingerprint density at radius 3 is 2.84 bits per heavy atom. The van der Waals surface area contributed by atoms with Crippen LogP contribution in [0.15, 0.2) is 34.2 Å². The average molecular weight is 468 g/mol. The Labute approximate surface area is 196 Å². The number of carbonyl (C=O) groups is 1. The molecule has 2 aliphatic rings. The standard InChI is InChI=1S/C25H29N3O2S2/c1-3-16(2)28-24(30)22-18-11-5-7-13-20(18)32-23(22)26-25(28)31-15-21(29)27-14-8-10-17-9-4-6-12-19(17)27/h4,6,9,12,16H,3,5,7-8,10-11,13-15H2,1-2H3/t16-/m1/s1. The van der Waals surface area contributed by atoms with Crippen LogP contribution >= 0.6 is 23.1 Å². The number of para-hydroxylation sites is 1. The maximum atomic E-state index is 13.6. The zero-order chi connectivity index (χ0) is 22.2. The van der Waals surface area contributed by atoms with Gasteiger partial charge < -0.3 is 4.90 Å². The fourth-order valence-corrected chi connectivity index (χ4v) is 7.14. The topological polar surface area (TPSA) is 55.2 Å². The quantitative estimate of drug-likeness (QED) is 0.373. The zero-order valence-electron chi connectivity index (χ0n) is 18.7. The van der Waals surface area contributed by atoms with Crippen molar-refractivity contribution in [3.63, 3.8) is 0 Å². The van der Waals surface area contributed by atoms with E-state index in [1.165, 1.54) is 34.2 Å². The molecule has 0 saturated heterocycles. The molecule has 0 radical (unpaired) electrons. The predicted octanol–water partition coefficient (Wildman–Crippen LogP) is 5.38. The highest BCUT2D eigenvalue weighted by atomic mass is 32.2. The summed E-state index contributed by atoms with van der Waals surface area (Å²) >= 11 is 3.09. The number of nitrogens with zero attached hydrogens (tertiary/aromatic N) is 3. The van der Waals surface area contributed by atoms with Crippen LogP contribution in [0.3, 0.4) is 0 Å². The van der Waals surface area contributed by atoms with Gasteiger partial charge in [-0.05, 0) is 69.1 Å². The van der Waals surface area contributed by atoms with Crippen molar-refractivity contribution in [2.75, 3.05) is 17.2 Å². The van der Waals surface area contributed by atoms with Gasteiger partial charge in [-0.2, -0.15) is 0 Å². The van der Waals surface area contributed by atoms with Gasteiger partial charge in [0.15, 0.2) is 5.16 Å². The van der Waals surface area contributed by atoms with E-state index in [1.54, 1.807) is 11.3 Å². The van der Waals surface area contributed by atoms with Crippen LogP contribution in [0.25, 0.3) is 10.2 Å². The highest BCUT2D eigenvalue weighted by Crippen LogP contribution is 2.35. The van der Waals surface area contributed by atoms with Crippen molar-refractivity contribution in [2.45, 2.75) is 70.0 Å². The van der Waals surface area contributed by atoms with E-state index >= 15 is 0 Å². The minimum Gasteiger partial charge on any atom is -0.311 e. The van der Waals surface area contributed by atoms with Gasteiger partial charge in [-0.1, -0.05) is 36.9 Å². The third-order valence-corrected chi connectivity index (χ3v) is 8.88. The molecule has 1 aliphatic heterocycles. The number of hydrogen-bond donors (Lipinski definition) is 0. The first-order valence-electron chi connectivity index (χ1n) is 11.7. The second-order valence-electron chi connectivity index (χ2n) is 8.78. The lowest BCUT2D eigenvalue weighted by molar-refractivity contribution is -0.116. The Bertz CT molecular complexity index is 1230. The van der Waals surface area contributed by atoms with Crippen molar-refractivity contribution in [3.8, 4) is 0 Å². The Kier molecular flexibility index (Phi) is 6.12. The first kappa shape index (κ1) is 21.7. The smallest absolute Gasteiger partial charge is 0.263 e. The summed E-state index contributed by atoms with van der Waals surface area (Å²) in [6.07, 6.45) is 7.20. The maximum absolute atomic E-state index is 13.6. The van der Waals surface area contributed by atoms with Crippen LogP contribution in [0, 0.1) is 0 Å². The molecule has 3 heterocycles. The summed E-state index contributed by atoms with van der Waals surface area (Å²) in [5.41, 5.74) is 3.56. The van der Waals surface area contributed by atoms with Gasteiger partial charge in [0.1, 0.15) is 4.83 Å². The summed E-state index contributed by atoms with van der Waals surface area (Å²) in [5, 5.41) is 1.50. The number of anilines is 1. The van der Waals surface area contributed by atoms with Crippen LogP contribution in [-0.4, -0.2) is 27.8 Å². The molecule has 1 aromatic carbocycles. The van der Waals surface area contributed by atoms with Crippen LogP contribution in [0.1, 0.15) is 61.6 Å². The molecule has 1 atom stereocenters. The van der Waals surface area contributed by atoms with Crippen molar-refractivity contribution in [2.24, 2.45) is 0 Å². The number of aromatic nitrogens is 2. The molecule has 168 valence electrons. The van der Waals surface area contributed by atoms with Gasteiger partial charge >= 0.3 is 0 Å². The number of thioether (sulfide) groups is 1. The van der Waals surface area contributed by atoms with E-state index in [-0.39, 0.29) is 23.3 Å². The fourth-order valence-electron chi connectivity index (χ4n) is 4.87. The van der Waals surface area contributed by atoms with Gasteiger partial charge in [0.05, 0.1) is 11.1 Å². The molecule has 7 heteroatoms. The molecule has 0 N–H and O–H groups in total. The third-order valence-electron chi connectivity index (χ3n) is 6.76. The van der Waals surface area contributed by atoms with Crippen molar-refractivity contribution in [3.05, 3.63) is 50.6 Å². The molecule has 0 unspecified atom stereocenters. The Hall–Kier alpha value is -2.12. The van der Waals surface area contributed by atoms with E-state index in [0.717, 1.165) is 61.0 Å². The minimum absolute atomic E-state index is 0.0480. The lowest BCUT2D eigenvalue weighted by Crippen LogP contribution is -2.37. The average Bonchev–Trinajstić information content (AvgIpc) is 3.20. The van der Waals surface area contributed by atoms with Gasteiger partial charge in [-0.15, -0.1) is 11.3 Å². The second kappa shape index (κ2) is 9.02. The number of fused-ring (bicyclic) bond motifs is 4. The van der Waals surface area contributed by atoms with Crippen molar-refractivity contribution < 1.29 is 4.79 Å². The van der Waals surface area contributed by atoms with Crippen LogP contribution in [-0.2, 0) is 24.1 Å². The number of aryl methyl sites for hydroxylation is 3. The normalized spacial score (nSPS) is 16.6. The molecule has 0 bridgehead atoms. The summed E-state index contributed by atoms with van der Waals surface area (Å²) in [5.74, 6) is 0.367. The highest BCUT2D eigenvalue weighted by molar-refractivity contribution is 7.99. The molecule has 1 amide bonds. The van der Waals surface area contributed by atoms with Crippen LogP contribution < -0.4 is 10.5 Å². The van der Waals surface area contributed by atoms with Gasteiger partial charge in [-0.25, -0.2) is 4.98 Å². The SMILES string of the molecule is CC[C@@H](C)n1c(SCC(=O)N2CCCc3ccccc32)nc2sc3c(c2c1=O)CCCC3. The van der Waals surface area contributed by atoms with E-state index in [2.05, 4.69) is 19.9 Å². The Morgan fingerprint density at radius 2 is 2.00 bits per heavy atom. The lowest BCUT2D eigenvalue weighted by Gasteiger charge is -2.29. The van der Waals surface area contributed by atoms with Crippen LogP contribution in [0.2, 0.25) is 0 Å². The molecule has 0 saturated carbocycles. The maximum Gasteiger partial charge on any atom is 0.263 e. The van der Waals surface area contributed by atoms with E-state index in [0.29, 0.717) is 5.16 Å². The third kappa shape index (κ3) is 3.79. The number of benzene rings is 1. The molecule has 2 aromatic heterocycles. The number of rotatable bonds is 5. The largest absolute Gasteiger partial charge is 0.311 e. The zero-order valence-corrected chi connectivity index (χ0v) is 20.4. The second-order valence-corrected chi connectivity index (χ2v) is 10.8. The molecule has 32 heavy (non-hydrogen) atoms. The van der Waals surface area contributed by atoms with E-state index < -0.39 is 0 Å². The molecule has 5 nitrogen and oxygen atoms in total. The summed E-state index contributed by atoms with van der Waals surface area (Å²) in [7, 11) is 0. The summed E-state index contributed by atoms with van der Waals surface area (Å²) in [6, 6.07) is 8.22. The fraction of sp³-hybridized carbons (Fsp3) is 0.480. The molecular formula is C25H29N3O2S2. The summed E-state index contributed by atoms with van der Waals surface area (Å²) in [6.45, 7) is 4.91. The van der Waals surface area contributed by atoms with Crippen molar-refractivity contribution in [1.29, 1.82) is 0 Å². The number of thiophene rings is 1. The van der Waals surface area contributed by atoms with Gasteiger partial charge in [0.2, 0.25) is 5.91 Å². The van der Waals surface area contributed by atoms with Gasteiger partial charge in [0.25, 0.3) is 5.56 Å². The van der Waals surface area contributed by atoms with E-state index in [1.807, 2.05) is 27.7 Å². The van der Waals surface area contributed by atoms with Gasteiger partial charge in [-0.3, -0.25) is 14.2 Å². The summed E-state index contributed by atoms with van der Waals surface area (Å²) in [4.78, 5) is 35.8. The van der Waals surface area contributed by atoms with E-state index in [4.69, 9.17) is 4.98 Å². The number of carbonyl (C=O) groups excluding carboxylic acids is 1. The highest BCUT2D eigenvalue weighted by Gasteiger charge is 2.26. The predicted molar refractivity (Wildman–Crippen MR) is 133 cm³/mol.